The first-order valence-electron chi connectivity index (χ1n) is 7.56. The van der Waals surface area contributed by atoms with E-state index >= 15 is 0 Å². The quantitative estimate of drug-likeness (QED) is 0.684. The second-order valence-electron chi connectivity index (χ2n) is 5.12. The van der Waals surface area contributed by atoms with Crippen LogP contribution in [0, 0.1) is 0 Å². The van der Waals surface area contributed by atoms with E-state index in [1.165, 1.54) is 6.20 Å². The lowest BCUT2D eigenvalue weighted by molar-refractivity contribution is -0.120. The van der Waals surface area contributed by atoms with Crippen LogP contribution in [0.3, 0.4) is 0 Å². The van der Waals surface area contributed by atoms with Gasteiger partial charge in [-0.3, -0.25) is 4.79 Å². The molecule has 1 aromatic carbocycles. The molecule has 2 rings (SSSR count). The summed E-state index contributed by atoms with van der Waals surface area (Å²) in [6.07, 6.45) is 1.70. The number of nitrogens with zero attached hydrogens (tertiary/aromatic N) is 1. The maximum absolute atomic E-state index is 12.1. The molecule has 0 aliphatic rings. The van der Waals surface area contributed by atoms with Crippen LogP contribution in [0.5, 0.6) is 11.5 Å². The average Bonchev–Trinajstić information content (AvgIpc) is 2.60. The van der Waals surface area contributed by atoms with Gasteiger partial charge < -0.3 is 20.1 Å². The molecule has 0 saturated carbocycles. The standard InChI is InChI=1S/C17H19Cl2N3O3/c1-24-13-3-4-15(25-2)11(7-13)8-16(23)20-5-6-21-17-14(19)9-12(18)10-22-17/h3-4,7,9-10H,5-6,8H2,1-2H3,(H,20,23)(H,21,22). The minimum Gasteiger partial charge on any atom is -0.497 e. The number of amides is 1. The number of halogens is 2. The van der Waals surface area contributed by atoms with Crippen LogP contribution in [0.2, 0.25) is 10.0 Å². The summed E-state index contributed by atoms with van der Waals surface area (Å²) >= 11 is 11.8. The molecule has 1 amide bonds. The molecule has 0 spiro atoms. The van der Waals surface area contributed by atoms with Gasteiger partial charge in [-0.2, -0.15) is 0 Å². The van der Waals surface area contributed by atoms with E-state index in [0.717, 1.165) is 5.56 Å². The molecular formula is C17H19Cl2N3O3. The molecule has 0 saturated heterocycles. The lowest BCUT2D eigenvalue weighted by Gasteiger charge is -2.11. The summed E-state index contributed by atoms with van der Waals surface area (Å²) < 4.78 is 10.4. The van der Waals surface area contributed by atoms with E-state index in [-0.39, 0.29) is 12.3 Å². The molecule has 0 unspecified atom stereocenters. The lowest BCUT2D eigenvalue weighted by Crippen LogP contribution is -2.30. The number of nitrogens with one attached hydrogen (secondary N) is 2. The number of carbonyl (C=O) groups is 1. The van der Waals surface area contributed by atoms with Gasteiger partial charge in [0.25, 0.3) is 0 Å². The van der Waals surface area contributed by atoms with Crippen LogP contribution < -0.4 is 20.1 Å². The third-order valence-electron chi connectivity index (χ3n) is 3.39. The minimum atomic E-state index is -0.122. The van der Waals surface area contributed by atoms with Crippen LogP contribution in [-0.2, 0) is 11.2 Å². The highest BCUT2D eigenvalue weighted by atomic mass is 35.5. The Bertz CT molecular complexity index is 741. The van der Waals surface area contributed by atoms with Gasteiger partial charge in [0, 0.05) is 24.8 Å². The summed E-state index contributed by atoms with van der Waals surface area (Å²) in [7, 11) is 3.14. The summed E-state index contributed by atoms with van der Waals surface area (Å²) in [6, 6.07) is 6.95. The fourth-order valence-corrected chi connectivity index (χ4v) is 2.63. The maximum atomic E-state index is 12.1. The summed E-state index contributed by atoms with van der Waals surface area (Å²) in [5.41, 5.74) is 0.759. The Morgan fingerprint density at radius 3 is 2.64 bits per heavy atom. The second-order valence-corrected chi connectivity index (χ2v) is 5.96. The van der Waals surface area contributed by atoms with Gasteiger partial charge in [0.15, 0.2) is 0 Å². The Hall–Kier alpha value is -2.18. The number of benzene rings is 1. The van der Waals surface area contributed by atoms with Crippen molar-refractivity contribution in [2.45, 2.75) is 6.42 Å². The molecule has 134 valence electrons. The molecular weight excluding hydrogens is 365 g/mol. The molecule has 8 heteroatoms. The van der Waals surface area contributed by atoms with Gasteiger partial charge in [0.2, 0.25) is 5.91 Å². The van der Waals surface area contributed by atoms with Crippen LogP contribution in [0.15, 0.2) is 30.5 Å². The molecule has 0 aliphatic heterocycles. The van der Waals surface area contributed by atoms with Gasteiger partial charge in [0.05, 0.1) is 30.7 Å². The summed E-state index contributed by atoms with van der Waals surface area (Å²) in [5.74, 6) is 1.72. The molecule has 0 aliphatic carbocycles. The van der Waals surface area contributed by atoms with Crippen molar-refractivity contribution >= 4 is 34.9 Å². The fourth-order valence-electron chi connectivity index (χ4n) is 2.18. The zero-order valence-electron chi connectivity index (χ0n) is 13.9. The van der Waals surface area contributed by atoms with Gasteiger partial charge in [-0.1, -0.05) is 23.2 Å². The summed E-state index contributed by atoms with van der Waals surface area (Å²) in [4.78, 5) is 16.2. The van der Waals surface area contributed by atoms with Gasteiger partial charge in [-0.15, -0.1) is 0 Å². The molecule has 2 aromatic rings. The van der Waals surface area contributed by atoms with Gasteiger partial charge in [-0.25, -0.2) is 4.98 Å². The number of aromatic nitrogens is 1. The zero-order valence-corrected chi connectivity index (χ0v) is 15.4. The van der Waals surface area contributed by atoms with E-state index in [0.29, 0.717) is 40.5 Å². The van der Waals surface area contributed by atoms with Crippen molar-refractivity contribution in [3.05, 3.63) is 46.1 Å². The first-order valence-corrected chi connectivity index (χ1v) is 8.31. The zero-order chi connectivity index (χ0) is 18.2. The number of pyridine rings is 1. The molecule has 0 fully saturated rings. The number of anilines is 1. The first kappa shape index (κ1) is 19.1. The molecule has 0 radical (unpaired) electrons. The smallest absolute Gasteiger partial charge is 0.224 e. The molecule has 2 N–H and O–H groups in total. The number of hydrogen-bond donors (Lipinski definition) is 2. The normalized spacial score (nSPS) is 10.2. The first-order chi connectivity index (χ1) is 12.0. The Morgan fingerprint density at radius 2 is 1.96 bits per heavy atom. The Kier molecular flexibility index (Phi) is 7.16. The topological polar surface area (TPSA) is 72.5 Å². The largest absolute Gasteiger partial charge is 0.497 e. The highest BCUT2D eigenvalue weighted by Gasteiger charge is 2.10. The third kappa shape index (κ3) is 5.69. The number of ether oxygens (including phenoxy) is 2. The van der Waals surface area contributed by atoms with Gasteiger partial charge >= 0.3 is 0 Å². The second kappa shape index (κ2) is 9.34. The van der Waals surface area contributed by atoms with Crippen molar-refractivity contribution in [2.24, 2.45) is 0 Å². The predicted molar refractivity (Wildman–Crippen MR) is 99.0 cm³/mol. The predicted octanol–water partition coefficient (Wildman–Crippen LogP) is 3.18. The van der Waals surface area contributed by atoms with Crippen LogP contribution in [0.4, 0.5) is 5.82 Å². The fraction of sp³-hybridized carbons (Fsp3) is 0.294. The number of hydrogen-bond acceptors (Lipinski definition) is 5. The molecule has 6 nitrogen and oxygen atoms in total. The lowest BCUT2D eigenvalue weighted by atomic mass is 10.1. The van der Waals surface area contributed by atoms with Gasteiger partial charge in [-0.05, 0) is 24.3 Å². The number of methoxy groups -OCH3 is 2. The van der Waals surface area contributed by atoms with E-state index in [1.807, 2.05) is 0 Å². The Labute approximate surface area is 156 Å². The number of rotatable bonds is 8. The SMILES string of the molecule is COc1ccc(OC)c(CC(=O)NCCNc2ncc(Cl)cc2Cl)c1. The molecule has 0 bridgehead atoms. The maximum Gasteiger partial charge on any atom is 0.224 e. The monoisotopic (exact) mass is 383 g/mol. The Balaban J connectivity index is 1.83. The van der Waals surface area contributed by atoms with Crippen molar-refractivity contribution in [3.8, 4) is 11.5 Å². The van der Waals surface area contributed by atoms with Crippen molar-refractivity contribution in [2.75, 3.05) is 32.6 Å². The molecule has 25 heavy (non-hydrogen) atoms. The van der Waals surface area contributed by atoms with E-state index < -0.39 is 0 Å². The van der Waals surface area contributed by atoms with Crippen LogP contribution >= 0.6 is 23.2 Å². The molecule has 1 heterocycles. The number of carbonyl (C=O) groups excluding carboxylic acids is 1. The highest BCUT2D eigenvalue weighted by molar-refractivity contribution is 6.35. The van der Waals surface area contributed by atoms with E-state index in [9.17, 15) is 4.79 Å². The van der Waals surface area contributed by atoms with Crippen LogP contribution in [0.1, 0.15) is 5.56 Å². The van der Waals surface area contributed by atoms with E-state index in [4.69, 9.17) is 32.7 Å². The van der Waals surface area contributed by atoms with Crippen molar-refractivity contribution in [1.82, 2.24) is 10.3 Å². The molecule has 1 aromatic heterocycles. The Morgan fingerprint density at radius 1 is 1.16 bits per heavy atom. The summed E-state index contributed by atoms with van der Waals surface area (Å²) in [5, 5.41) is 6.76. The van der Waals surface area contributed by atoms with Crippen molar-refractivity contribution in [1.29, 1.82) is 0 Å². The van der Waals surface area contributed by atoms with Gasteiger partial charge in [0.1, 0.15) is 17.3 Å². The minimum absolute atomic E-state index is 0.122. The third-order valence-corrected chi connectivity index (χ3v) is 3.88. The van der Waals surface area contributed by atoms with Crippen molar-refractivity contribution < 1.29 is 14.3 Å². The highest BCUT2D eigenvalue weighted by Crippen LogP contribution is 2.24. The van der Waals surface area contributed by atoms with E-state index in [2.05, 4.69) is 15.6 Å². The van der Waals surface area contributed by atoms with Crippen molar-refractivity contribution in [3.63, 3.8) is 0 Å². The van der Waals surface area contributed by atoms with Crippen LogP contribution in [-0.4, -0.2) is 38.2 Å². The summed E-state index contributed by atoms with van der Waals surface area (Å²) in [6.45, 7) is 0.904. The molecule has 0 atom stereocenters. The average molecular weight is 384 g/mol. The van der Waals surface area contributed by atoms with Crippen LogP contribution in [0.25, 0.3) is 0 Å². The van der Waals surface area contributed by atoms with E-state index in [1.54, 1.807) is 38.5 Å².